The Kier molecular flexibility index (Phi) is 5.43. The molecule has 0 amide bonds. The number of para-hydroxylation sites is 1. The lowest BCUT2D eigenvalue weighted by molar-refractivity contribution is 0.219. The molecule has 0 atom stereocenters. The van der Waals surface area contributed by atoms with Crippen LogP contribution in [0.3, 0.4) is 0 Å². The van der Waals surface area contributed by atoms with Gasteiger partial charge in [0.1, 0.15) is 0 Å². The summed E-state index contributed by atoms with van der Waals surface area (Å²) in [5.41, 5.74) is 2.27. The SMILES string of the molecule is COCCSC(C)=Nc1ccccc1C. The molecule has 1 rings (SSSR count). The number of methoxy groups -OCH3 is 1. The molecule has 82 valence electrons. The van der Waals surface area contributed by atoms with Gasteiger partial charge in [0.15, 0.2) is 0 Å². The zero-order valence-electron chi connectivity index (χ0n) is 9.49. The molecule has 0 aliphatic heterocycles. The van der Waals surface area contributed by atoms with Gasteiger partial charge in [-0.15, -0.1) is 11.8 Å². The predicted octanol–water partition coefficient (Wildman–Crippen LogP) is 3.42. The van der Waals surface area contributed by atoms with Crippen LogP contribution in [0.25, 0.3) is 0 Å². The Morgan fingerprint density at radius 2 is 2.13 bits per heavy atom. The van der Waals surface area contributed by atoms with Crippen molar-refractivity contribution in [3.05, 3.63) is 29.8 Å². The standard InChI is InChI=1S/C12H17NOS/c1-10-6-4-5-7-12(10)13-11(2)15-9-8-14-3/h4-7H,8-9H2,1-3H3. The van der Waals surface area contributed by atoms with Crippen molar-refractivity contribution in [1.29, 1.82) is 0 Å². The predicted molar refractivity (Wildman–Crippen MR) is 68.3 cm³/mol. The van der Waals surface area contributed by atoms with E-state index in [4.69, 9.17) is 4.74 Å². The van der Waals surface area contributed by atoms with Gasteiger partial charge in [0.05, 0.1) is 17.3 Å². The Hall–Kier alpha value is -0.800. The third kappa shape index (κ3) is 4.49. The van der Waals surface area contributed by atoms with Gasteiger partial charge in [-0.1, -0.05) is 18.2 Å². The monoisotopic (exact) mass is 223 g/mol. The highest BCUT2D eigenvalue weighted by Crippen LogP contribution is 2.19. The number of aliphatic imine (C=N–C) groups is 1. The van der Waals surface area contributed by atoms with E-state index in [0.29, 0.717) is 0 Å². The summed E-state index contributed by atoms with van der Waals surface area (Å²) in [4.78, 5) is 4.55. The van der Waals surface area contributed by atoms with Gasteiger partial charge < -0.3 is 4.74 Å². The summed E-state index contributed by atoms with van der Waals surface area (Å²) in [5, 5.41) is 1.08. The van der Waals surface area contributed by atoms with E-state index in [1.54, 1.807) is 18.9 Å². The second-order valence-electron chi connectivity index (χ2n) is 3.26. The Labute approximate surface area is 95.8 Å². The van der Waals surface area contributed by atoms with E-state index < -0.39 is 0 Å². The average Bonchev–Trinajstić information content (AvgIpc) is 2.22. The number of nitrogens with zero attached hydrogens (tertiary/aromatic N) is 1. The number of thioether (sulfide) groups is 1. The van der Waals surface area contributed by atoms with Crippen molar-refractivity contribution in [2.45, 2.75) is 13.8 Å². The first-order valence-electron chi connectivity index (χ1n) is 4.96. The summed E-state index contributed by atoms with van der Waals surface area (Å²) in [7, 11) is 1.72. The van der Waals surface area contributed by atoms with Gasteiger partial charge in [-0.05, 0) is 25.5 Å². The minimum Gasteiger partial charge on any atom is -0.384 e. The zero-order chi connectivity index (χ0) is 11.1. The molecule has 3 heteroatoms. The fourth-order valence-corrected chi connectivity index (χ4v) is 1.87. The average molecular weight is 223 g/mol. The highest BCUT2D eigenvalue weighted by atomic mass is 32.2. The fourth-order valence-electron chi connectivity index (χ4n) is 1.16. The van der Waals surface area contributed by atoms with Gasteiger partial charge in [0, 0.05) is 12.9 Å². The van der Waals surface area contributed by atoms with E-state index in [2.05, 4.69) is 18.0 Å². The molecule has 0 spiro atoms. The van der Waals surface area contributed by atoms with Crippen molar-refractivity contribution in [3.8, 4) is 0 Å². The highest BCUT2D eigenvalue weighted by molar-refractivity contribution is 8.13. The van der Waals surface area contributed by atoms with Crippen LogP contribution in [0.15, 0.2) is 29.3 Å². The Morgan fingerprint density at radius 3 is 2.80 bits per heavy atom. The van der Waals surface area contributed by atoms with Crippen LogP contribution < -0.4 is 0 Å². The van der Waals surface area contributed by atoms with Gasteiger partial charge in [-0.2, -0.15) is 0 Å². The van der Waals surface area contributed by atoms with Crippen molar-refractivity contribution < 1.29 is 4.74 Å². The van der Waals surface area contributed by atoms with Gasteiger partial charge in [0.2, 0.25) is 0 Å². The Morgan fingerprint density at radius 1 is 1.40 bits per heavy atom. The van der Waals surface area contributed by atoms with Gasteiger partial charge in [0.25, 0.3) is 0 Å². The van der Waals surface area contributed by atoms with Gasteiger partial charge >= 0.3 is 0 Å². The molecule has 0 bridgehead atoms. The first-order chi connectivity index (χ1) is 7.24. The third-order valence-electron chi connectivity index (χ3n) is 1.99. The van der Waals surface area contributed by atoms with Crippen molar-refractivity contribution in [2.24, 2.45) is 4.99 Å². The molecule has 15 heavy (non-hydrogen) atoms. The van der Waals surface area contributed by atoms with E-state index >= 15 is 0 Å². The molecule has 0 unspecified atom stereocenters. The van der Waals surface area contributed by atoms with E-state index in [9.17, 15) is 0 Å². The molecule has 0 saturated heterocycles. The van der Waals surface area contributed by atoms with Gasteiger partial charge in [-0.3, -0.25) is 0 Å². The van der Waals surface area contributed by atoms with E-state index in [-0.39, 0.29) is 0 Å². The van der Waals surface area contributed by atoms with Crippen LogP contribution in [0.4, 0.5) is 5.69 Å². The third-order valence-corrected chi connectivity index (χ3v) is 2.87. The van der Waals surface area contributed by atoms with Crippen LogP contribution in [0.1, 0.15) is 12.5 Å². The summed E-state index contributed by atoms with van der Waals surface area (Å²) < 4.78 is 4.99. The molecule has 0 aliphatic carbocycles. The Bertz CT molecular complexity index is 336. The molecule has 0 radical (unpaired) electrons. The first kappa shape index (κ1) is 12.3. The lowest BCUT2D eigenvalue weighted by Crippen LogP contribution is -1.94. The molecule has 0 heterocycles. The summed E-state index contributed by atoms with van der Waals surface area (Å²) in [6.07, 6.45) is 0. The molecule has 1 aromatic rings. The smallest absolute Gasteiger partial charge is 0.0708 e. The molecular weight excluding hydrogens is 206 g/mol. The molecule has 0 saturated carbocycles. The van der Waals surface area contributed by atoms with Gasteiger partial charge in [-0.25, -0.2) is 4.99 Å². The van der Waals surface area contributed by atoms with Crippen molar-refractivity contribution >= 4 is 22.5 Å². The van der Waals surface area contributed by atoms with Crippen molar-refractivity contribution in [2.75, 3.05) is 19.5 Å². The maximum Gasteiger partial charge on any atom is 0.0708 e. The number of hydrogen-bond acceptors (Lipinski definition) is 3. The van der Waals surface area contributed by atoms with Crippen LogP contribution in [0, 0.1) is 6.92 Å². The number of rotatable bonds is 4. The van der Waals surface area contributed by atoms with Crippen molar-refractivity contribution in [3.63, 3.8) is 0 Å². The first-order valence-corrected chi connectivity index (χ1v) is 5.95. The number of benzene rings is 1. The van der Waals surface area contributed by atoms with Crippen LogP contribution in [0.2, 0.25) is 0 Å². The summed E-state index contributed by atoms with van der Waals surface area (Å²) in [6.45, 7) is 4.88. The fraction of sp³-hybridized carbons (Fsp3) is 0.417. The van der Waals surface area contributed by atoms with E-state index in [1.165, 1.54) is 5.56 Å². The van der Waals surface area contributed by atoms with Crippen molar-refractivity contribution in [1.82, 2.24) is 0 Å². The second kappa shape index (κ2) is 6.64. The normalized spacial score (nSPS) is 11.8. The molecule has 2 nitrogen and oxygen atoms in total. The molecule has 0 N–H and O–H groups in total. The van der Waals surface area contributed by atoms with E-state index in [1.807, 2.05) is 25.1 Å². The van der Waals surface area contributed by atoms with Crippen LogP contribution in [-0.4, -0.2) is 24.5 Å². The Balaban J connectivity index is 2.58. The molecular formula is C12H17NOS. The summed E-state index contributed by atoms with van der Waals surface area (Å²) in [6, 6.07) is 8.16. The minimum atomic E-state index is 0.769. The lowest BCUT2D eigenvalue weighted by Gasteiger charge is -2.02. The highest BCUT2D eigenvalue weighted by Gasteiger charge is 1.96. The van der Waals surface area contributed by atoms with Crippen LogP contribution in [-0.2, 0) is 4.74 Å². The van der Waals surface area contributed by atoms with Crippen LogP contribution >= 0.6 is 11.8 Å². The largest absolute Gasteiger partial charge is 0.384 e. The second-order valence-corrected chi connectivity index (χ2v) is 4.55. The summed E-state index contributed by atoms with van der Waals surface area (Å²) in [5.74, 6) is 0.956. The quantitative estimate of drug-likeness (QED) is 0.443. The topological polar surface area (TPSA) is 21.6 Å². The minimum absolute atomic E-state index is 0.769. The zero-order valence-corrected chi connectivity index (χ0v) is 10.3. The maximum atomic E-state index is 4.99. The lowest BCUT2D eigenvalue weighted by atomic mass is 10.2. The number of aryl methyl sites for hydroxylation is 1. The molecule has 0 aromatic heterocycles. The number of ether oxygens (including phenoxy) is 1. The summed E-state index contributed by atoms with van der Waals surface area (Å²) >= 11 is 1.73. The molecule has 0 fully saturated rings. The maximum absolute atomic E-state index is 4.99. The number of hydrogen-bond donors (Lipinski definition) is 0. The van der Waals surface area contributed by atoms with Crippen LogP contribution in [0.5, 0.6) is 0 Å². The molecule has 0 aliphatic rings. The van der Waals surface area contributed by atoms with E-state index in [0.717, 1.165) is 23.1 Å². The molecule has 1 aromatic carbocycles.